The molecule has 0 unspecified atom stereocenters. The molecule has 0 bridgehead atoms. The number of pyridine rings is 1. The van der Waals surface area contributed by atoms with Crippen LogP contribution >= 0.6 is 0 Å². The van der Waals surface area contributed by atoms with Gasteiger partial charge in [0.15, 0.2) is 6.29 Å². The fourth-order valence-electron chi connectivity index (χ4n) is 1.75. The first-order chi connectivity index (χ1) is 7.11. The van der Waals surface area contributed by atoms with Gasteiger partial charge in [0.25, 0.3) is 0 Å². The summed E-state index contributed by atoms with van der Waals surface area (Å²) in [6.45, 7) is 6.00. The lowest BCUT2D eigenvalue weighted by Gasteiger charge is -2.06. The number of hydrogen-bond donors (Lipinski definition) is 0. The lowest BCUT2D eigenvalue weighted by Crippen LogP contribution is -1.92. The van der Waals surface area contributed by atoms with Gasteiger partial charge in [-0.15, -0.1) is 0 Å². The van der Waals surface area contributed by atoms with Crippen LogP contribution in [0.3, 0.4) is 0 Å². The van der Waals surface area contributed by atoms with E-state index < -0.39 is 0 Å². The molecule has 1 aromatic carbocycles. The molecule has 2 aromatic rings. The predicted octanol–water partition coefficient (Wildman–Crippen LogP) is 2.97. The largest absolute Gasteiger partial charge is 0.298 e. The van der Waals surface area contributed by atoms with Crippen molar-refractivity contribution < 1.29 is 4.79 Å². The lowest BCUT2D eigenvalue weighted by molar-refractivity contribution is 0.112. The molecular formula is C13H13NO. The Morgan fingerprint density at radius 1 is 1.07 bits per heavy atom. The normalized spacial score (nSPS) is 10.6. The highest BCUT2D eigenvalue weighted by molar-refractivity contribution is 5.97. The first-order valence-electron chi connectivity index (χ1n) is 4.95. The second kappa shape index (κ2) is 3.46. The molecule has 76 valence electrons. The molecule has 0 aliphatic rings. The van der Waals surface area contributed by atoms with Gasteiger partial charge in [-0.05, 0) is 50.1 Å². The average Bonchev–Trinajstić information content (AvgIpc) is 2.19. The summed E-state index contributed by atoms with van der Waals surface area (Å²) in [6, 6.07) is 5.88. The quantitative estimate of drug-likeness (QED) is 0.661. The summed E-state index contributed by atoms with van der Waals surface area (Å²) in [5.41, 5.74) is 4.90. The molecule has 2 nitrogen and oxygen atoms in total. The Kier molecular flexibility index (Phi) is 2.27. The number of fused-ring (bicyclic) bond motifs is 1. The Hall–Kier alpha value is -1.70. The Morgan fingerprint density at radius 3 is 2.40 bits per heavy atom. The number of hydrogen-bond acceptors (Lipinski definition) is 2. The monoisotopic (exact) mass is 199 g/mol. The van der Waals surface area contributed by atoms with E-state index in [4.69, 9.17) is 0 Å². The molecule has 0 aliphatic heterocycles. The molecule has 0 radical (unpaired) electrons. The van der Waals surface area contributed by atoms with Crippen molar-refractivity contribution in [2.24, 2.45) is 0 Å². The molecule has 0 spiro atoms. The molecule has 0 atom stereocenters. The highest BCUT2D eigenvalue weighted by atomic mass is 16.1. The van der Waals surface area contributed by atoms with E-state index in [-0.39, 0.29) is 0 Å². The first kappa shape index (κ1) is 9.84. The number of aryl methyl sites for hydroxylation is 3. The first-order valence-corrected chi connectivity index (χ1v) is 4.95. The van der Waals surface area contributed by atoms with Crippen molar-refractivity contribution in [1.82, 2.24) is 4.98 Å². The minimum Gasteiger partial charge on any atom is -0.298 e. The topological polar surface area (TPSA) is 30.0 Å². The van der Waals surface area contributed by atoms with Crippen LogP contribution < -0.4 is 0 Å². The van der Waals surface area contributed by atoms with Crippen molar-refractivity contribution in [1.29, 1.82) is 0 Å². The Morgan fingerprint density at radius 2 is 1.73 bits per heavy atom. The summed E-state index contributed by atoms with van der Waals surface area (Å²) in [5, 5.41) is 0.943. The van der Waals surface area contributed by atoms with Gasteiger partial charge in [-0.2, -0.15) is 0 Å². The summed E-state index contributed by atoms with van der Waals surface area (Å²) in [4.78, 5) is 15.4. The average molecular weight is 199 g/mol. The summed E-state index contributed by atoms with van der Waals surface area (Å²) >= 11 is 0. The van der Waals surface area contributed by atoms with Crippen LogP contribution in [0.25, 0.3) is 10.9 Å². The Labute approximate surface area is 89.0 Å². The summed E-state index contributed by atoms with van der Waals surface area (Å²) in [7, 11) is 0. The Balaban J connectivity index is 2.90. The number of carbonyl (C=O) groups excluding carboxylic acids is 1. The molecule has 0 aliphatic carbocycles. The lowest BCUT2D eigenvalue weighted by atomic mass is 10.0. The zero-order chi connectivity index (χ0) is 11.0. The second-order valence-electron chi connectivity index (χ2n) is 3.92. The van der Waals surface area contributed by atoms with E-state index in [9.17, 15) is 4.79 Å². The summed E-state index contributed by atoms with van der Waals surface area (Å²) < 4.78 is 0. The molecule has 0 amide bonds. The molecule has 1 aromatic heterocycles. The van der Waals surface area contributed by atoms with Gasteiger partial charge in [-0.3, -0.25) is 9.78 Å². The van der Waals surface area contributed by atoms with Crippen LogP contribution in [-0.2, 0) is 0 Å². The standard InChI is InChI=1S/C13H13NO/c1-8-4-12-11(7-15)6-10(3)14-13(12)5-9(8)2/h4-7H,1-3H3. The fourth-order valence-corrected chi connectivity index (χ4v) is 1.75. The van der Waals surface area contributed by atoms with Crippen LogP contribution in [0.5, 0.6) is 0 Å². The molecule has 15 heavy (non-hydrogen) atoms. The van der Waals surface area contributed by atoms with Crippen molar-refractivity contribution in [2.75, 3.05) is 0 Å². The van der Waals surface area contributed by atoms with E-state index in [1.165, 1.54) is 11.1 Å². The van der Waals surface area contributed by atoms with Crippen LogP contribution in [0.4, 0.5) is 0 Å². The highest BCUT2D eigenvalue weighted by Crippen LogP contribution is 2.21. The SMILES string of the molecule is Cc1cc(C=O)c2cc(C)c(C)cc2n1. The van der Waals surface area contributed by atoms with Gasteiger partial charge in [0.2, 0.25) is 0 Å². The maximum absolute atomic E-state index is 10.9. The van der Waals surface area contributed by atoms with Crippen molar-refractivity contribution in [3.8, 4) is 0 Å². The molecule has 0 saturated heterocycles. The van der Waals surface area contributed by atoms with Crippen LogP contribution in [0.1, 0.15) is 27.2 Å². The third kappa shape index (κ3) is 1.63. The van der Waals surface area contributed by atoms with Crippen LogP contribution in [0.2, 0.25) is 0 Å². The maximum Gasteiger partial charge on any atom is 0.150 e. The third-order valence-electron chi connectivity index (χ3n) is 2.71. The Bertz CT molecular complexity index is 544. The van der Waals surface area contributed by atoms with Gasteiger partial charge < -0.3 is 0 Å². The van der Waals surface area contributed by atoms with Crippen LogP contribution in [0, 0.1) is 20.8 Å². The number of aromatic nitrogens is 1. The maximum atomic E-state index is 10.9. The highest BCUT2D eigenvalue weighted by Gasteiger charge is 2.05. The van der Waals surface area contributed by atoms with Gasteiger partial charge in [0, 0.05) is 16.6 Å². The zero-order valence-electron chi connectivity index (χ0n) is 9.16. The fraction of sp³-hybridized carbons (Fsp3) is 0.231. The van der Waals surface area contributed by atoms with Gasteiger partial charge in [0.05, 0.1) is 5.52 Å². The van der Waals surface area contributed by atoms with Gasteiger partial charge in [-0.1, -0.05) is 0 Å². The minimum atomic E-state index is 0.723. The van der Waals surface area contributed by atoms with E-state index in [0.29, 0.717) is 0 Å². The van der Waals surface area contributed by atoms with Crippen LogP contribution in [0.15, 0.2) is 18.2 Å². The van der Waals surface area contributed by atoms with E-state index in [1.807, 2.05) is 32.0 Å². The molecule has 1 heterocycles. The number of nitrogens with zero attached hydrogens (tertiary/aromatic N) is 1. The van der Waals surface area contributed by atoms with Gasteiger partial charge >= 0.3 is 0 Å². The molecule has 0 N–H and O–H groups in total. The number of aldehydes is 1. The molecule has 2 rings (SSSR count). The summed E-state index contributed by atoms with van der Waals surface area (Å²) in [5.74, 6) is 0. The smallest absolute Gasteiger partial charge is 0.150 e. The van der Waals surface area contributed by atoms with E-state index >= 15 is 0 Å². The predicted molar refractivity (Wildman–Crippen MR) is 61.3 cm³/mol. The third-order valence-corrected chi connectivity index (χ3v) is 2.71. The minimum absolute atomic E-state index is 0.723. The van der Waals surface area contributed by atoms with Crippen molar-refractivity contribution in [2.45, 2.75) is 20.8 Å². The zero-order valence-corrected chi connectivity index (χ0v) is 9.16. The van der Waals surface area contributed by atoms with E-state index in [2.05, 4.69) is 11.9 Å². The molecule has 2 heteroatoms. The van der Waals surface area contributed by atoms with Crippen molar-refractivity contribution in [3.05, 3.63) is 40.6 Å². The molecule has 0 fully saturated rings. The van der Waals surface area contributed by atoms with Crippen molar-refractivity contribution >= 4 is 17.2 Å². The van der Waals surface area contributed by atoms with Crippen molar-refractivity contribution in [3.63, 3.8) is 0 Å². The number of rotatable bonds is 1. The van der Waals surface area contributed by atoms with Gasteiger partial charge in [0.1, 0.15) is 0 Å². The van der Waals surface area contributed by atoms with E-state index in [1.54, 1.807) is 0 Å². The van der Waals surface area contributed by atoms with Crippen LogP contribution in [-0.4, -0.2) is 11.3 Å². The van der Waals surface area contributed by atoms with E-state index in [0.717, 1.165) is 28.4 Å². The molecular weight excluding hydrogens is 186 g/mol. The molecule has 0 saturated carbocycles. The van der Waals surface area contributed by atoms with Gasteiger partial charge in [-0.25, -0.2) is 0 Å². The number of carbonyl (C=O) groups is 1. The number of benzene rings is 1. The second-order valence-corrected chi connectivity index (χ2v) is 3.92. The summed E-state index contributed by atoms with van der Waals surface area (Å²) in [6.07, 6.45) is 0.895.